The molecule has 0 aromatic carbocycles. The molecule has 2 fully saturated rings. The second-order valence-electron chi connectivity index (χ2n) is 8.34. The first-order valence-electron chi connectivity index (χ1n) is 11.0. The summed E-state index contributed by atoms with van der Waals surface area (Å²) in [6, 6.07) is 0. The number of halogens is 1. The molecule has 2 rings (SSSR count). The monoisotopic (exact) mass is 510 g/mol. The minimum Gasteiger partial charge on any atom is -0.385 e. The number of likely N-dealkylation sites (tertiary alicyclic amines) is 2. The quantitative estimate of drug-likeness (QED) is 0.224. The molecule has 0 aromatic heterocycles. The van der Waals surface area contributed by atoms with Crippen molar-refractivity contribution >= 4 is 29.9 Å². The lowest BCUT2D eigenvalue weighted by Crippen LogP contribution is -2.47. The Morgan fingerprint density at radius 2 is 1.79 bits per heavy atom. The molecular formula is C21H43IN4O2. The molecule has 0 aromatic rings. The zero-order valence-corrected chi connectivity index (χ0v) is 20.8. The van der Waals surface area contributed by atoms with E-state index in [-0.39, 0.29) is 24.0 Å². The first kappa shape index (κ1) is 25.9. The van der Waals surface area contributed by atoms with Gasteiger partial charge in [0.05, 0.1) is 12.6 Å². The van der Waals surface area contributed by atoms with E-state index in [0.717, 1.165) is 83.0 Å². The van der Waals surface area contributed by atoms with Crippen molar-refractivity contribution in [2.45, 2.75) is 52.6 Å². The van der Waals surface area contributed by atoms with Gasteiger partial charge >= 0.3 is 0 Å². The standard InChI is InChI=1S/C21H42N4O2.HI/c1-5-22-21(23-9-12-24-16-18(2)15-19(3)17-24)25-10-7-20(8-11-25)27-14-6-13-26-4;/h18-20H,5-17H2,1-4H3,(H,22,23);1H. The van der Waals surface area contributed by atoms with Crippen LogP contribution in [0.2, 0.25) is 0 Å². The average molecular weight is 511 g/mol. The van der Waals surface area contributed by atoms with Crippen LogP contribution in [0.4, 0.5) is 0 Å². The average Bonchev–Trinajstić information content (AvgIpc) is 2.64. The van der Waals surface area contributed by atoms with Gasteiger partial charge in [0.2, 0.25) is 0 Å². The molecule has 0 radical (unpaired) electrons. The van der Waals surface area contributed by atoms with Crippen LogP contribution in [-0.4, -0.2) is 88.0 Å². The number of hydrogen-bond donors (Lipinski definition) is 1. The van der Waals surface area contributed by atoms with Gasteiger partial charge in [-0.1, -0.05) is 13.8 Å². The van der Waals surface area contributed by atoms with Gasteiger partial charge in [-0.05, 0) is 44.4 Å². The van der Waals surface area contributed by atoms with Crippen LogP contribution in [0.5, 0.6) is 0 Å². The van der Waals surface area contributed by atoms with E-state index in [1.165, 1.54) is 19.5 Å². The SMILES string of the molecule is CCNC(=NCCN1CC(C)CC(C)C1)N1CCC(OCCCOC)CC1.I. The third kappa shape index (κ3) is 9.59. The fourth-order valence-corrected chi connectivity index (χ4v) is 4.39. The highest BCUT2D eigenvalue weighted by molar-refractivity contribution is 14.0. The number of nitrogens with one attached hydrogen (secondary N) is 1. The van der Waals surface area contributed by atoms with Gasteiger partial charge in [0.1, 0.15) is 0 Å². The molecule has 2 aliphatic rings. The van der Waals surface area contributed by atoms with Gasteiger partial charge in [-0.15, -0.1) is 24.0 Å². The number of piperidine rings is 2. The predicted octanol–water partition coefficient (Wildman–Crippen LogP) is 3.07. The summed E-state index contributed by atoms with van der Waals surface area (Å²) < 4.78 is 11.1. The van der Waals surface area contributed by atoms with Crippen molar-refractivity contribution in [1.82, 2.24) is 15.1 Å². The van der Waals surface area contributed by atoms with E-state index in [1.807, 2.05) is 0 Å². The topological polar surface area (TPSA) is 49.3 Å². The molecule has 0 amide bonds. The van der Waals surface area contributed by atoms with E-state index in [1.54, 1.807) is 7.11 Å². The third-order valence-corrected chi connectivity index (χ3v) is 5.55. The summed E-state index contributed by atoms with van der Waals surface area (Å²) in [5.74, 6) is 2.70. The maximum absolute atomic E-state index is 5.98. The van der Waals surface area contributed by atoms with Crippen LogP contribution in [0.3, 0.4) is 0 Å². The highest BCUT2D eigenvalue weighted by atomic mass is 127. The number of aliphatic imine (C=N–C) groups is 1. The lowest BCUT2D eigenvalue weighted by atomic mass is 9.92. The number of ether oxygens (including phenoxy) is 2. The third-order valence-electron chi connectivity index (χ3n) is 5.55. The zero-order valence-electron chi connectivity index (χ0n) is 18.5. The summed E-state index contributed by atoms with van der Waals surface area (Å²) in [4.78, 5) is 9.92. The molecule has 0 saturated carbocycles. The molecule has 2 atom stereocenters. The van der Waals surface area contributed by atoms with Gasteiger partial charge < -0.3 is 24.6 Å². The van der Waals surface area contributed by atoms with Crippen molar-refractivity contribution < 1.29 is 9.47 Å². The van der Waals surface area contributed by atoms with Gasteiger partial charge in [0.25, 0.3) is 0 Å². The lowest BCUT2D eigenvalue weighted by Gasteiger charge is -2.35. The van der Waals surface area contributed by atoms with E-state index in [4.69, 9.17) is 14.5 Å². The second-order valence-corrected chi connectivity index (χ2v) is 8.34. The smallest absolute Gasteiger partial charge is 0.193 e. The molecule has 0 aliphatic carbocycles. The van der Waals surface area contributed by atoms with Crippen molar-refractivity contribution in [2.75, 3.05) is 66.1 Å². The Morgan fingerprint density at radius 1 is 1.11 bits per heavy atom. The summed E-state index contributed by atoms with van der Waals surface area (Å²) in [5.41, 5.74) is 0. The van der Waals surface area contributed by atoms with Crippen LogP contribution >= 0.6 is 24.0 Å². The van der Waals surface area contributed by atoms with Gasteiger partial charge in [-0.2, -0.15) is 0 Å². The van der Waals surface area contributed by atoms with Crippen molar-refractivity contribution in [3.63, 3.8) is 0 Å². The Labute approximate surface area is 189 Å². The zero-order chi connectivity index (χ0) is 19.5. The fourth-order valence-electron chi connectivity index (χ4n) is 4.39. The molecule has 6 nitrogen and oxygen atoms in total. The molecule has 7 heteroatoms. The van der Waals surface area contributed by atoms with Crippen molar-refractivity contribution in [2.24, 2.45) is 16.8 Å². The molecule has 0 spiro atoms. The summed E-state index contributed by atoms with van der Waals surface area (Å²) >= 11 is 0. The van der Waals surface area contributed by atoms with Gasteiger partial charge in [-0.3, -0.25) is 4.99 Å². The number of nitrogens with zero attached hydrogens (tertiary/aromatic N) is 3. The Bertz CT molecular complexity index is 421. The number of guanidine groups is 1. The van der Waals surface area contributed by atoms with Crippen LogP contribution in [0.25, 0.3) is 0 Å². The van der Waals surface area contributed by atoms with Crippen LogP contribution in [0, 0.1) is 11.8 Å². The summed E-state index contributed by atoms with van der Waals surface area (Å²) in [6.07, 6.45) is 4.90. The Kier molecular flexibility index (Phi) is 13.7. The van der Waals surface area contributed by atoms with E-state index < -0.39 is 0 Å². The molecule has 166 valence electrons. The van der Waals surface area contributed by atoms with E-state index >= 15 is 0 Å². The fraction of sp³-hybridized carbons (Fsp3) is 0.952. The maximum Gasteiger partial charge on any atom is 0.193 e. The molecule has 2 saturated heterocycles. The van der Waals surface area contributed by atoms with Crippen molar-refractivity contribution in [3.05, 3.63) is 0 Å². The van der Waals surface area contributed by atoms with E-state index in [2.05, 4.69) is 35.9 Å². The highest BCUT2D eigenvalue weighted by Crippen LogP contribution is 2.20. The van der Waals surface area contributed by atoms with Crippen LogP contribution in [-0.2, 0) is 9.47 Å². The van der Waals surface area contributed by atoms with E-state index in [0.29, 0.717) is 6.10 Å². The highest BCUT2D eigenvalue weighted by Gasteiger charge is 2.23. The number of hydrogen-bond acceptors (Lipinski definition) is 4. The molecule has 2 heterocycles. The maximum atomic E-state index is 5.98. The predicted molar refractivity (Wildman–Crippen MR) is 128 cm³/mol. The van der Waals surface area contributed by atoms with Gasteiger partial charge in [-0.25, -0.2) is 0 Å². The largest absolute Gasteiger partial charge is 0.385 e. The molecular weight excluding hydrogens is 467 g/mol. The first-order chi connectivity index (χ1) is 13.1. The van der Waals surface area contributed by atoms with Crippen LogP contribution in [0.1, 0.15) is 46.5 Å². The molecule has 2 unspecified atom stereocenters. The van der Waals surface area contributed by atoms with Gasteiger partial charge in [0.15, 0.2) is 5.96 Å². The summed E-state index contributed by atoms with van der Waals surface area (Å²) in [6.45, 7) is 15.9. The van der Waals surface area contributed by atoms with E-state index in [9.17, 15) is 0 Å². The van der Waals surface area contributed by atoms with Gasteiger partial charge in [0, 0.05) is 59.6 Å². The minimum absolute atomic E-state index is 0. The minimum atomic E-state index is 0. The molecule has 1 N–H and O–H groups in total. The number of methoxy groups -OCH3 is 1. The second kappa shape index (κ2) is 14.8. The Balaban J connectivity index is 0.00000392. The first-order valence-corrected chi connectivity index (χ1v) is 11.0. The summed E-state index contributed by atoms with van der Waals surface area (Å²) in [5, 5.41) is 3.48. The van der Waals surface area contributed by atoms with Crippen molar-refractivity contribution in [1.29, 1.82) is 0 Å². The number of rotatable bonds is 9. The normalized spacial score (nSPS) is 24.9. The van der Waals surface area contributed by atoms with Crippen molar-refractivity contribution in [3.8, 4) is 0 Å². The van der Waals surface area contributed by atoms with Crippen LogP contribution < -0.4 is 5.32 Å². The molecule has 0 bridgehead atoms. The molecule has 28 heavy (non-hydrogen) atoms. The molecule has 2 aliphatic heterocycles. The lowest BCUT2D eigenvalue weighted by molar-refractivity contribution is 0.00990. The summed E-state index contributed by atoms with van der Waals surface area (Å²) in [7, 11) is 1.74. The van der Waals surface area contributed by atoms with Crippen LogP contribution in [0.15, 0.2) is 4.99 Å². The Morgan fingerprint density at radius 3 is 2.39 bits per heavy atom. The Hall–Kier alpha value is -0.120.